The molecule has 2 aliphatic rings. The van der Waals surface area contributed by atoms with Crippen LogP contribution in [-0.4, -0.2) is 71.1 Å². The molecule has 232 valence electrons. The molecule has 0 radical (unpaired) electrons. The molecule has 2 amide bonds. The molecule has 0 aliphatic carbocycles. The molecule has 0 saturated carbocycles. The molecule has 2 saturated heterocycles. The van der Waals surface area contributed by atoms with Gasteiger partial charge in [-0.15, -0.1) is 11.8 Å². The first-order valence-corrected chi connectivity index (χ1v) is 15.8. The summed E-state index contributed by atoms with van der Waals surface area (Å²) in [5.41, 5.74) is 2.14. The third-order valence-electron chi connectivity index (χ3n) is 7.45. The van der Waals surface area contributed by atoms with Crippen LogP contribution in [0.2, 0.25) is 0 Å². The number of hydrogen-bond donors (Lipinski definition) is 0. The van der Waals surface area contributed by atoms with Crippen LogP contribution in [0.1, 0.15) is 30.5 Å². The lowest BCUT2D eigenvalue weighted by atomic mass is 9.96. The number of amides is 2. The second-order valence-corrected chi connectivity index (χ2v) is 12.0. The summed E-state index contributed by atoms with van der Waals surface area (Å²) in [5.74, 6) is -0.600. The topological polar surface area (TPSA) is 101 Å². The summed E-state index contributed by atoms with van der Waals surface area (Å²) in [6.45, 7) is 3.73. The van der Waals surface area contributed by atoms with E-state index < -0.39 is 53.9 Å². The van der Waals surface area contributed by atoms with Crippen LogP contribution in [0.15, 0.2) is 91.0 Å². The van der Waals surface area contributed by atoms with Gasteiger partial charge in [0.25, 0.3) is 5.91 Å². The summed E-state index contributed by atoms with van der Waals surface area (Å²) in [6.07, 6.45) is -4.46. The van der Waals surface area contributed by atoms with Crippen LogP contribution in [0, 0.1) is 0 Å². The van der Waals surface area contributed by atoms with Gasteiger partial charge in [-0.3, -0.25) is 9.59 Å². The number of thioether (sulfide) groups is 1. The number of carbonyl (C=O) groups excluding carboxylic acids is 3. The molecule has 2 aliphatic heterocycles. The molecule has 0 spiro atoms. The van der Waals surface area contributed by atoms with Crippen molar-refractivity contribution in [3.63, 3.8) is 0 Å². The molecule has 5 rings (SSSR count). The van der Waals surface area contributed by atoms with Crippen molar-refractivity contribution in [1.29, 1.82) is 0 Å². The van der Waals surface area contributed by atoms with E-state index in [9.17, 15) is 14.4 Å². The summed E-state index contributed by atoms with van der Waals surface area (Å²) in [5, 5.41) is 0. The number of hydrogen-bond acceptors (Lipinski definition) is 9. The van der Waals surface area contributed by atoms with E-state index in [1.165, 1.54) is 18.7 Å². The maximum atomic E-state index is 14.3. The molecule has 0 bridgehead atoms. The van der Waals surface area contributed by atoms with Crippen molar-refractivity contribution in [1.82, 2.24) is 4.90 Å². The van der Waals surface area contributed by atoms with Gasteiger partial charge in [-0.1, -0.05) is 97.9 Å². The molecule has 9 nitrogen and oxygen atoms in total. The predicted octanol–water partition coefficient (Wildman–Crippen LogP) is 5.16. The van der Waals surface area contributed by atoms with Crippen molar-refractivity contribution in [3.05, 3.63) is 108 Å². The van der Waals surface area contributed by atoms with E-state index in [0.29, 0.717) is 12.2 Å². The average Bonchev–Trinajstić information content (AvgIpc) is 3.40. The van der Waals surface area contributed by atoms with Crippen LogP contribution < -0.4 is 0 Å². The van der Waals surface area contributed by atoms with Crippen LogP contribution in [0.4, 0.5) is 4.79 Å². The Morgan fingerprint density at radius 2 is 1.36 bits per heavy atom. The number of cyclic esters (lactones) is 1. The quantitative estimate of drug-likeness (QED) is 0.255. The fraction of sp³-hybridized carbons (Fsp3) is 0.382. The van der Waals surface area contributed by atoms with Crippen LogP contribution in [0.25, 0.3) is 0 Å². The third-order valence-corrected chi connectivity index (χ3v) is 8.50. The Kier molecular flexibility index (Phi) is 11.1. The molecule has 10 heteroatoms. The zero-order valence-corrected chi connectivity index (χ0v) is 25.6. The van der Waals surface area contributed by atoms with Gasteiger partial charge in [0.2, 0.25) is 0 Å². The van der Waals surface area contributed by atoms with Gasteiger partial charge in [-0.05, 0) is 28.9 Å². The molecule has 44 heavy (non-hydrogen) atoms. The minimum Gasteiger partial charge on any atom is -0.456 e. The first-order valence-electron chi connectivity index (χ1n) is 14.7. The molecule has 2 fully saturated rings. The lowest BCUT2D eigenvalue weighted by Gasteiger charge is -2.45. The van der Waals surface area contributed by atoms with Crippen LogP contribution in [0.3, 0.4) is 0 Å². The molecular weight excluding hydrogens is 582 g/mol. The molecular formula is C34H37NO8S. The van der Waals surface area contributed by atoms with Gasteiger partial charge in [0.1, 0.15) is 24.3 Å². The maximum absolute atomic E-state index is 14.3. The number of benzene rings is 3. The van der Waals surface area contributed by atoms with Crippen molar-refractivity contribution < 1.29 is 38.1 Å². The largest absolute Gasteiger partial charge is 0.456 e. The van der Waals surface area contributed by atoms with Crippen LogP contribution in [0.5, 0.6) is 0 Å². The highest BCUT2D eigenvalue weighted by Crippen LogP contribution is 2.36. The van der Waals surface area contributed by atoms with E-state index in [4.69, 9.17) is 23.7 Å². The van der Waals surface area contributed by atoms with Gasteiger partial charge in [-0.2, -0.15) is 0 Å². The number of nitrogens with zero attached hydrogens (tertiary/aromatic N) is 1. The maximum Gasteiger partial charge on any atom is 0.417 e. The second-order valence-electron chi connectivity index (χ2n) is 10.6. The summed E-state index contributed by atoms with van der Waals surface area (Å²) in [6, 6.07) is 28.3. The first kappa shape index (κ1) is 31.7. The molecule has 3 aromatic rings. The van der Waals surface area contributed by atoms with E-state index in [1.54, 1.807) is 0 Å². The fourth-order valence-electron chi connectivity index (χ4n) is 5.43. The third kappa shape index (κ3) is 7.87. The molecule has 3 aromatic carbocycles. The molecule has 0 N–H and O–H groups in total. The van der Waals surface area contributed by atoms with Crippen LogP contribution >= 0.6 is 11.8 Å². The smallest absolute Gasteiger partial charge is 0.417 e. The Labute approximate surface area is 261 Å². The normalized spacial score (nSPS) is 25.0. The zero-order valence-electron chi connectivity index (χ0n) is 24.8. The molecule has 6 atom stereocenters. The Bertz CT molecular complexity index is 1380. The van der Waals surface area contributed by atoms with Gasteiger partial charge in [0.15, 0.2) is 12.2 Å². The van der Waals surface area contributed by atoms with E-state index >= 15 is 0 Å². The van der Waals surface area contributed by atoms with E-state index in [-0.39, 0.29) is 19.8 Å². The first-order chi connectivity index (χ1) is 21.4. The van der Waals surface area contributed by atoms with Crippen molar-refractivity contribution in [2.75, 3.05) is 12.4 Å². The molecule has 0 aromatic heterocycles. The van der Waals surface area contributed by atoms with Crippen molar-refractivity contribution in [2.45, 2.75) is 69.4 Å². The van der Waals surface area contributed by atoms with Gasteiger partial charge in [-0.25, -0.2) is 9.69 Å². The standard InChI is InChI=1S/C34H37NO8S/c1-3-44-33-31(40-21-26-17-11-6-12-18-26)28(39-20-25-15-9-5-10-16-25)29(42-23(2)36)30(43-33)32(37)35-27(22-41-34(35)38)19-24-13-7-4-8-14-24/h4-18,27-31,33H,3,19-22H2,1-2H3/t27-,28+,29-,30+,31-,33+/m1/s1. The van der Waals surface area contributed by atoms with Gasteiger partial charge < -0.3 is 23.7 Å². The Morgan fingerprint density at radius 3 is 1.91 bits per heavy atom. The Balaban J connectivity index is 1.47. The van der Waals surface area contributed by atoms with E-state index in [1.807, 2.05) is 97.9 Å². The minimum absolute atomic E-state index is 0.0499. The predicted molar refractivity (Wildman–Crippen MR) is 165 cm³/mol. The van der Waals surface area contributed by atoms with E-state index in [2.05, 4.69) is 0 Å². The molecule has 0 unspecified atom stereocenters. The number of carbonyl (C=O) groups is 3. The number of esters is 1. The highest BCUT2D eigenvalue weighted by atomic mass is 32.2. The number of ether oxygens (including phenoxy) is 5. The van der Waals surface area contributed by atoms with E-state index in [0.717, 1.165) is 21.6 Å². The van der Waals surface area contributed by atoms with Crippen molar-refractivity contribution >= 4 is 29.7 Å². The highest BCUT2D eigenvalue weighted by molar-refractivity contribution is 7.99. The van der Waals surface area contributed by atoms with Crippen molar-refractivity contribution in [3.8, 4) is 0 Å². The lowest BCUT2D eigenvalue weighted by Crippen LogP contribution is -2.64. The number of imide groups is 1. The van der Waals surface area contributed by atoms with Gasteiger partial charge >= 0.3 is 12.1 Å². The summed E-state index contributed by atoms with van der Waals surface area (Å²) in [4.78, 5) is 40.8. The van der Waals surface area contributed by atoms with Gasteiger partial charge in [0, 0.05) is 6.92 Å². The Morgan fingerprint density at radius 1 is 0.818 bits per heavy atom. The number of rotatable bonds is 12. The van der Waals surface area contributed by atoms with Gasteiger partial charge in [0.05, 0.1) is 19.3 Å². The fourth-order valence-corrected chi connectivity index (χ4v) is 6.38. The average molecular weight is 620 g/mol. The zero-order chi connectivity index (χ0) is 30.9. The second kappa shape index (κ2) is 15.3. The van der Waals surface area contributed by atoms with Crippen molar-refractivity contribution in [2.24, 2.45) is 0 Å². The molecule has 2 heterocycles. The summed E-state index contributed by atoms with van der Waals surface area (Å²) < 4.78 is 30.5. The summed E-state index contributed by atoms with van der Waals surface area (Å²) in [7, 11) is 0. The minimum atomic E-state index is -1.33. The highest BCUT2D eigenvalue weighted by Gasteiger charge is 2.55. The SMILES string of the molecule is CCS[C@@H]1O[C@H](C(=O)N2C(=O)OC[C@H]2Cc2ccccc2)[C@H](OC(C)=O)[C@H](OCc2ccccc2)[C@H]1OCc1ccccc1. The lowest BCUT2D eigenvalue weighted by molar-refractivity contribution is -0.239. The summed E-state index contributed by atoms with van der Waals surface area (Å²) >= 11 is 1.46. The van der Waals surface area contributed by atoms with Crippen LogP contribution in [-0.2, 0) is 52.9 Å². The monoisotopic (exact) mass is 619 g/mol. The Hall–Kier alpha value is -3.70.